The first-order valence-electron chi connectivity index (χ1n) is 8.72. The number of aryl methyl sites for hydroxylation is 1. The number of amides is 1. The van der Waals surface area contributed by atoms with Gasteiger partial charge in [0.2, 0.25) is 5.91 Å². The Kier molecular flexibility index (Phi) is 5.46. The minimum Gasteiger partial charge on any atom is -0.506 e. The predicted molar refractivity (Wildman–Crippen MR) is 107 cm³/mol. The van der Waals surface area contributed by atoms with Crippen LogP contribution in [-0.4, -0.2) is 25.2 Å². The highest BCUT2D eigenvalue weighted by Gasteiger charge is 2.15. The van der Waals surface area contributed by atoms with Crippen LogP contribution in [0.15, 0.2) is 65.6 Å². The van der Waals surface area contributed by atoms with Crippen LogP contribution in [-0.2, 0) is 21.1 Å². The highest BCUT2D eigenvalue weighted by Crippen LogP contribution is 2.27. The molecule has 0 fully saturated rings. The molecular formula is C21H21NO4S. The van der Waals surface area contributed by atoms with Crippen molar-refractivity contribution in [2.75, 3.05) is 11.1 Å². The molecule has 0 aliphatic rings. The van der Waals surface area contributed by atoms with Crippen molar-refractivity contribution < 1.29 is 18.3 Å². The van der Waals surface area contributed by atoms with E-state index in [2.05, 4.69) is 11.4 Å². The van der Waals surface area contributed by atoms with Crippen molar-refractivity contribution in [2.24, 2.45) is 0 Å². The molecular weight excluding hydrogens is 362 g/mol. The zero-order valence-corrected chi connectivity index (χ0v) is 15.8. The molecule has 6 heteroatoms. The number of rotatable bonds is 6. The number of carbonyl (C=O) groups is 1. The Morgan fingerprint density at radius 2 is 1.74 bits per heavy atom. The van der Waals surface area contributed by atoms with E-state index >= 15 is 0 Å². The molecule has 3 aromatic rings. The minimum absolute atomic E-state index is 0.0485. The molecule has 0 saturated heterocycles. The maximum Gasteiger partial charge on any atom is 0.224 e. The van der Waals surface area contributed by atoms with Gasteiger partial charge >= 0.3 is 0 Å². The van der Waals surface area contributed by atoms with Crippen LogP contribution in [0, 0.1) is 0 Å². The molecule has 0 aliphatic carbocycles. The summed E-state index contributed by atoms with van der Waals surface area (Å²) >= 11 is 0. The second-order valence-corrected chi connectivity index (χ2v) is 8.59. The molecule has 0 bridgehead atoms. The predicted octanol–water partition coefficient (Wildman–Crippen LogP) is 3.91. The lowest BCUT2D eigenvalue weighted by atomic mass is 10.0. The quantitative estimate of drug-likeness (QED) is 0.632. The lowest BCUT2D eigenvalue weighted by molar-refractivity contribution is -0.116. The number of fused-ring (bicyclic) bond motifs is 1. The number of sulfone groups is 1. The number of phenolic OH excluding ortho intramolecular Hbond substituents is 1. The summed E-state index contributed by atoms with van der Waals surface area (Å²) in [6.07, 6.45) is 0.771. The third-order valence-corrected chi connectivity index (χ3v) is 6.17. The van der Waals surface area contributed by atoms with Crippen LogP contribution in [0.2, 0.25) is 0 Å². The molecule has 0 heterocycles. The van der Waals surface area contributed by atoms with Gasteiger partial charge in [0.15, 0.2) is 9.84 Å². The Balaban J connectivity index is 1.69. The molecule has 0 atom stereocenters. The van der Waals surface area contributed by atoms with Crippen molar-refractivity contribution in [3.63, 3.8) is 0 Å². The third-order valence-electron chi connectivity index (χ3n) is 4.44. The first-order chi connectivity index (χ1) is 12.9. The van der Waals surface area contributed by atoms with Gasteiger partial charge in [-0.15, -0.1) is 0 Å². The first kappa shape index (κ1) is 18.9. The van der Waals surface area contributed by atoms with E-state index in [4.69, 9.17) is 0 Å². The fourth-order valence-corrected chi connectivity index (χ4v) is 3.75. The van der Waals surface area contributed by atoms with Crippen LogP contribution in [0.4, 0.5) is 5.69 Å². The van der Waals surface area contributed by atoms with Crippen molar-refractivity contribution >= 4 is 32.2 Å². The highest BCUT2D eigenvalue weighted by molar-refractivity contribution is 7.91. The van der Waals surface area contributed by atoms with E-state index in [1.165, 1.54) is 18.2 Å². The van der Waals surface area contributed by atoms with E-state index in [1.54, 1.807) is 6.92 Å². The zero-order chi connectivity index (χ0) is 19.4. The van der Waals surface area contributed by atoms with Gasteiger partial charge in [-0.3, -0.25) is 4.79 Å². The molecule has 27 heavy (non-hydrogen) atoms. The van der Waals surface area contributed by atoms with Crippen LogP contribution < -0.4 is 5.32 Å². The lowest BCUT2D eigenvalue weighted by Crippen LogP contribution is -2.13. The Bertz CT molecular complexity index is 1090. The number of benzene rings is 3. The summed E-state index contributed by atoms with van der Waals surface area (Å²) in [5.74, 6) is -0.499. The Morgan fingerprint density at radius 1 is 1.00 bits per heavy atom. The van der Waals surface area contributed by atoms with Gasteiger partial charge < -0.3 is 10.4 Å². The van der Waals surface area contributed by atoms with Gasteiger partial charge in [0.1, 0.15) is 5.75 Å². The van der Waals surface area contributed by atoms with Crippen LogP contribution in [0.25, 0.3) is 10.8 Å². The highest BCUT2D eigenvalue weighted by atomic mass is 32.2. The number of carbonyl (C=O) groups excluding carboxylic acids is 1. The molecule has 5 nitrogen and oxygen atoms in total. The van der Waals surface area contributed by atoms with Crippen LogP contribution in [0.3, 0.4) is 0 Å². The number of phenols is 1. The third kappa shape index (κ3) is 4.46. The van der Waals surface area contributed by atoms with E-state index in [0.29, 0.717) is 6.42 Å². The van der Waals surface area contributed by atoms with Crippen molar-refractivity contribution in [1.29, 1.82) is 0 Å². The van der Waals surface area contributed by atoms with Crippen LogP contribution in [0.1, 0.15) is 18.9 Å². The molecule has 1 amide bonds. The molecule has 3 rings (SSSR count). The van der Waals surface area contributed by atoms with Gasteiger partial charge in [0.25, 0.3) is 0 Å². The summed E-state index contributed by atoms with van der Waals surface area (Å²) in [5, 5.41) is 14.8. The average Bonchev–Trinajstić information content (AvgIpc) is 2.67. The van der Waals surface area contributed by atoms with E-state index < -0.39 is 9.84 Å². The fraction of sp³-hybridized carbons (Fsp3) is 0.190. The summed E-state index contributed by atoms with van der Waals surface area (Å²) < 4.78 is 23.9. The topological polar surface area (TPSA) is 83.5 Å². The van der Waals surface area contributed by atoms with Gasteiger partial charge in [0.05, 0.1) is 16.3 Å². The minimum atomic E-state index is -3.41. The van der Waals surface area contributed by atoms with E-state index in [1.807, 2.05) is 36.4 Å². The van der Waals surface area contributed by atoms with E-state index in [9.17, 15) is 18.3 Å². The number of nitrogens with one attached hydrogen (secondary N) is 1. The molecule has 140 valence electrons. The zero-order valence-electron chi connectivity index (χ0n) is 15.0. The second-order valence-electron chi connectivity index (χ2n) is 6.31. The smallest absolute Gasteiger partial charge is 0.224 e. The van der Waals surface area contributed by atoms with Crippen LogP contribution in [0.5, 0.6) is 5.75 Å². The maximum absolute atomic E-state index is 12.3. The molecule has 0 aromatic heterocycles. The molecule has 0 unspecified atom stereocenters. The molecule has 2 N–H and O–H groups in total. The van der Waals surface area contributed by atoms with Gasteiger partial charge in [-0.2, -0.15) is 0 Å². The summed E-state index contributed by atoms with van der Waals surface area (Å²) in [5.41, 5.74) is 1.14. The normalized spacial score (nSPS) is 11.4. The van der Waals surface area contributed by atoms with E-state index in [-0.39, 0.29) is 34.4 Å². The summed E-state index contributed by atoms with van der Waals surface area (Å²) in [7, 11) is -3.41. The summed E-state index contributed by atoms with van der Waals surface area (Å²) in [4.78, 5) is 12.3. The van der Waals surface area contributed by atoms with Gasteiger partial charge in [0, 0.05) is 6.42 Å². The van der Waals surface area contributed by atoms with Crippen molar-refractivity contribution in [1.82, 2.24) is 0 Å². The van der Waals surface area contributed by atoms with Gasteiger partial charge in [-0.25, -0.2) is 8.42 Å². The largest absolute Gasteiger partial charge is 0.506 e. The van der Waals surface area contributed by atoms with Crippen molar-refractivity contribution in [2.45, 2.75) is 24.7 Å². The second kappa shape index (κ2) is 7.80. The summed E-state index contributed by atoms with van der Waals surface area (Å²) in [6, 6.07) is 18.0. The molecule has 0 saturated carbocycles. The molecule has 3 aromatic carbocycles. The van der Waals surface area contributed by atoms with Gasteiger partial charge in [-0.1, -0.05) is 49.4 Å². The number of hydrogen-bond acceptors (Lipinski definition) is 4. The monoisotopic (exact) mass is 383 g/mol. The Labute approximate surface area is 158 Å². The van der Waals surface area contributed by atoms with Crippen molar-refractivity contribution in [3.05, 3.63) is 66.2 Å². The number of hydrogen-bond donors (Lipinski definition) is 2. The first-order valence-corrected chi connectivity index (χ1v) is 10.4. The lowest BCUT2D eigenvalue weighted by Gasteiger charge is -2.10. The number of anilines is 1. The molecule has 0 radical (unpaired) electrons. The maximum atomic E-state index is 12.3. The Hall–Kier alpha value is -2.86. The molecule has 0 spiro atoms. The SMILES string of the molecule is CCS(=O)(=O)c1ccc(O)c(NC(=O)CCc2ccc3ccccc3c2)c1. The fourth-order valence-electron chi connectivity index (χ4n) is 2.84. The van der Waals surface area contributed by atoms with Crippen LogP contribution >= 0.6 is 0 Å². The molecule has 0 aliphatic heterocycles. The van der Waals surface area contributed by atoms with Gasteiger partial charge in [-0.05, 0) is 41.0 Å². The van der Waals surface area contributed by atoms with Crippen molar-refractivity contribution in [3.8, 4) is 5.75 Å². The summed E-state index contributed by atoms with van der Waals surface area (Å²) in [6.45, 7) is 1.55. The standard InChI is InChI=1S/C21H21NO4S/c1-2-27(25,26)18-10-11-20(23)19(14-18)22-21(24)12-8-15-7-9-16-5-3-4-6-17(16)13-15/h3-7,9-11,13-14,23H,2,8,12H2,1H3,(H,22,24). The average molecular weight is 383 g/mol. The number of aromatic hydroxyl groups is 1. The van der Waals surface area contributed by atoms with E-state index in [0.717, 1.165) is 16.3 Å². The Morgan fingerprint density at radius 3 is 2.48 bits per heavy atom.